The molecule has 0 radical (unpaired) electrons. The lowest BCUT2D eigenvalue weighted by atomic mass is 9.89. The highest BCUT2D eigenvalue weighted by molar-refractivity contribution is 7.89. The molecule has 1 fully saturated rings. The molecule has 0 amide bonds. The van der Waals surface area contributed by atoms with E-state index in [-0.39, 0.29) is 11.6 Å². The first kappa shape index (κ1) is 22.2. The van der Waals surface area contributed by atoms with Crippen molar-refractivity contribution in [2.75, 3.05) is 6.54 Å². The van der Waals surface area contributed by atoms with Crippen LogP contribution < -0.4 is 5.56 Å². The molecule has 2 aliphatic rings. The first-order chi connectivity index (χ1) is 14.9. The molecule has 0 N–H and O–H groups in total. The number of piperidine rings is 1. The summed E-state index contributed by atoms with van der Waals surface area (Å²) in [5, 5.41) is 4.68. The minimum Gasteiger partial charge on any atom is -0.267 e. The minimum absolute atomic E-state index is 0.00103. The fourth-order valence-electron chi connectivity index (χ4n) is 5.02. The summed E-state index contributed by atoms with van der Waals surface area (Å²) in [5.41, 5.74) is 4.25. The molecule has 6 nitrogen and oxygen atoms in total. The summed E-state index contributed by atoms with van der Waals surface area (Å²) < 4.78 is 30.5. The predicted molar refractivity (Wildman–Crippen MR) is 123 cm³/mol. The first-order valence-electron chi connectivity index (χ1n) is 11.7. The summed E-state index contributed by atoms with van der Waals surface area (Å²) in [4.78, 5) is 13.2. The minimum atomic E-state index is -3.59. The second kappa shape index (κ2) is 8.87. The molecule has 1 saturated heterocycles. The SMILES string of the molecule is CCc1ccc(-c2nn(CC)c(=O)c3c2CCCC3)cc1S(=O)(=O)N1CCCCC1C. The van der Waals surface area contributed by atoms with Crippen molar-refractivity contribution in [3.8, 4) is 11.3 Å². The normalized spacial score (nSPS) is 19.9. The molecule has 1 aliphatic heterocycles. The molecular weight excluding hydrogens is 410 g/mol. The van der Waals surface area contributed by atoms with Crippen molar-refractivity contribution in [2.45, 2.75) is 89.6 Å². The van der Waals surface area contributed by atoms with E-state index >= 15 is 0 Å². The van der Waals surface area contributed by atoms with Gasteiger partial charge in [-0.1, -0.05) is 25.5 Å². The van der Waals surface area contributed by atoms with Gasteiger partial charge in [0.05, 0.1) is 10.6 Å². The second-order valence-corrected chi connectivity index (χ2v) is 10.6. The van der Waals surface area contributed by atoms with Crippen LogP contribution in [0.5, 0.6) is 0 Å². The third-order valence-electron chi connectivity index (χ3n) is 6.82. The smallest absolute Gasteiger partial charge is 0.267 e. The molecule has 31 heavy (non-hydrogen) atoms. The number of hydrogen-bond acceptors (Lipinski definition) is 4. The number of nitrogens with zero attached hydrogens (tertiary/aromatic N) is 3. The summed E-state index contributed by atoms with van der Waals surface area (Å²) in [6, 6.07) is 5.71. The van der Waals surface area contributed by atoms with E-state index < -0.39 is 10.0 Å². The van der Waals surface area contributed by atoms with E-state index in [1.165, 1.54) is 4.68 Å². The van der Waals surface area contributed by atoms with Gasteiger partial charge in [-0.25, -0.2) is 13.1 Å². The summed E-state index contributed by atoms with van der Waals surface area (Å²) >= 11 is 0. The Morgan fingerprint density at radius 3 is 2.48 bits per heavy atom. The third kappa shape index (κ3) is 3.98. The second-order valence-electron chi connectivity index (χ2n) is 8.77. The Kier molecular flexibility index (Phi) is 6.35. The standard InChI is InChI=1S/C24H33N3O3S/c1-4-18-13-14-19(16-22(18)31(29,30)27-15-9-8-10-17(27)3)23-20-11-6-7-12-21(20)24(28)26(5-2)25-23/h13-14,16-17H,4-12,15H2,1-3H3. The Balaban J connectivity index is 1.88. The van der Waals surface area contributed by atoms with E-state index in [0.717, 1.165) is 72.9 Å². The van der Waals surface area contributed by atoms with Crippen molar-refractivity contribution in [2.24, 2.45) is 0 Å². The fourth-order valence-corrected chi connectivity index (χ4v) is 7.04. The molecule has 1 aromatic heterocycles. The molecule has 0 spiro atoms. The van der Waals surface area contributed by atoms with Gasteiger partial charge in [-0.3, -0.25) is 4.79 Å². The van der Waals surface area contributed by atoms with E-state index in [0.29, 0.717) is 24.4 Å². The van der Waals surface area contributed by atoms with Crippen molar-refractivity contribution in [1.82, 2.24) is 14.1 Å². The Hall–Kier alpha value is -1.99. The lowest BCUT2D eigenvalue weighted by Crippen LogP contribution is -2.42. The van der Waals surface area contributed by atoms with E-state index in [9.17, 15) is 13.2 Å². The lowest BCUT2D eigenvalue weighted by Gasteiger charge is -2.33. The van der Waals surface area contributed by atoms with E-state index in [1.807, 2.05) is 32.9 Å². The molecule has 168 valence electrons. The van der Waals surface area contributed by atoms with Gasteiger partial charge >= 0.3 is 0 Å². The van der Waals surface area contributed by atoms with E-state index in [1.54, 1.807) is 10.4 Å². The fraction of sp³-hybridized carbons (Fsp3) is 0.583. The van der Waals surface area contributed by atoms with Gasteiger partial charge < -0.3 is 0 Å². The van der Waals surface area contributed by atoms with Gasteiger partial charge in [-0.2, -0.15) is 9.40 Å². The van der Waals surface area contributed by atoms with Crippen LogP contribution in [0, 0.1) is 0 Å². The molecular formula is C24H33N3O3S. The van der Waals surface area contributed by atoms with E-state index in [2.05, 4.69) is 5.10 Å². The number of benzene rings is 1. The Morgan fingerprint density at radius 2 is 1.81 bits per heavy atom. The summed E-state index contributed by atoms with van der Waals surface area (Å²) in [5.74, 6) is 0. The average molecular weight is 444 g/mol. The van der Waals surface area contributed by atoms with Crippen LogP contribution in [0.15, 0.2) is 27.9 Å². The van der Waals surface area contributed by atoms with Gasteiger partial charge in [0, 0.05) is 30.3 Å². The van der Waals surface area contributed by atoms with E-state index in [4.69, 9.17) is 0 Å². The van der Waals surface area contributed by atoms with Gasteiger partial charge in [0.1, 0.15) is 0 Å². The number of sulfonamides is 1. The maximum atomic E-state index is 13.7. The van der Waals surface area contributed by atoms with Gasteiger partial charge in [0.15, 0.2) is 0 Å². The number of aromatic nitrogens is 2. The Labute approximate surface area is 185 Å². The van der Waals surface area contributed by atoms with Crippen molar-refractivity contribution in [3.05, 3.63) is 45.2 Å². The summed E-state index contributed by atoms with van der Waals surface area (Å²) in [6.07, 6.45) is 7.15. The molecule has 1 unspecified atom stereocenters. The lowest BCUT2D eigenvalue weighted by molar-refractivity contribution is 0.268. The highest BCUT2D eigenvalue weighted by Crippen LogP contribution is 2.33. The number of fused-ring (bicyclic) bond motifs is 1. The molecule has 7 heteroatoms. The summed E-state index contributed by atoms with van der Waals surface area (Å²) in [7, 11) is -3.59. The number of aryl methyl sites for hydroxylation is 2. The molecule has 0 saturated carbocycles. The quantitative estimate of drug-likeness (QED) is 0.702. The highest BCUT2D eigenvalue weighted by Gasteiger charge is 2.33. The molecule has 4 rings (SSSR count). The van der Waals surface area contributed by atoms with Crippen LogP contribution in [0.25, 0.3) is 11.3 Å². The highest BCUT2D eigenvalue weighted by atomic mass is 32.2. The maximum Gasteiger partial charge on any atom is 0.270 e. The van der Waals surface area contributed by atoms with Gasteiger partial charge in [0.2, 0.25) is 10.0 Å². The molecule has 2 aromatic rings. The Bertz CT molecular complexity index is 1140. The molecule has 2 heterocycles. The van der Waals surface area contributed by atoms with Crippen molar-refractivity contribution >= 4 is 10.0 Å². The van der Waals surface area contributed by atoms with Crippen LogP contribution >= 0.6 is 0 Å². The molecule has 1 atom stereocenters. The van der Waals surface area contributed by atoms with Crippen LogP contribution in [0.3, 0.4) is 0 Å². The largest absolute Gasteiger partial charge is 0.270 e. The zero-order valence-electron chi connectivity index (χ0n) is 18.9. The van der Waals surface area contributed by atoms with Crippen LogP contribution in [0.1, 0.15) is 69.6 Å². The predicted octanol–water partition coefficient (Wildman–Crippen LogP) is 3.93. The van der Waals surface area contributed by atoms with Crippen molar-refractivity contribution < 1.29 is 8.42 Å². The monoisotopic (exact) mass is 443 g/mol. The number of hydrogen-bond donors (Lipinski definition) is 0. The Morgan fingerprint density at radius 1 is 1.06 bits per heavy atom. The molecule has 1 aromatic carbocycles. The van der Waals surface area contributed by atoms with Gasteiger partial charge in [-0.15, -0.1) is 0 Å². The zero-order valence-corrected chi connectivity index (χ0v) is 19.7. The first-order valence-corrected chi connectivity index (χ1v) is 13.1. The zero-order chi connectivity index (χ0) is 22.2. The third-order valence-corrected chi connectivity index (χ3v) is 8.91. The van der Waals surface area contributed by atoms with Crippen LogP contribution in [0.2, 0.25) is 0 Å². The van der Waals surface area contributed by atoms with Crippen LogP contribution in [0.4, 0.5) is 0 Å². The topological polar surface area (TPSA) is 72.3 Å². The van der Waals surface area contributed by atoms with Crippen molar-refractivity contribution in [1.29, 1.82) is 0 Å². The molecule has 1 aliphatic carbocycles. The van der Waals surface area contributed by atoms with Crippen LogP contribution in [-0.4, -0.2) is 35.1 Å². The van der Waals surface area contributed by atoms with Crippen LogP contribution in [-0.2, 0) is 35.8 Å². The van der Waals surface area contributed by atoms with Gasteiger partial charge in [-0.05, 0) is 76.0 Å². The van der Waals surface area contributed by atoms with Gasteiger partial charge in [0.25, 0.3) is 5.56 Å². The number of rotatable bonds is 5. The molecule has 0 bridgehead atoms. The summed E-state index contributed by atoms with van der Waals surface area (Å²) in [6.45, 7) is 6.99. The maximum absolute atomic E-state index is 13.7. The van der Waals surface area contributed by atoms with Crippen molar-refractivity contribution in [3.63, 3.8) is 0 Å². The average Bonchev–Trinajstić information content (AvgIpc) is 2.79.